The summed E-state index contributed by atoms with van der Waals surface area (Å²) in [5, 5.41) is 5.73. The summed E-state index contributed by atoms with van der Waals surface area (Å²) in [6.07, 6.45) is 6.16. The first-order valence-corrected chi connectivity index (χ1v) is 19.5. The van der Waals surface area contributed by atoms with E-state index in [1.54, 1.807) is 0 Å². The number of hydrogen-bond donors (Lipinski definition) is 2. The lowest BCUT2D eigenvalue weighted by atomic mass is 10.0. The number of rotatable bonds is 10. The highest BCUT2D eigenvalue weighted by molar-refractivity contribution is 7.89. The van der Waals surface area contributed by atoms with Crippen LogP contribution < -0.4 is 10.6 Å². The van der Waals surface area contributed by atoms with Crippen molar-refractivity contribution in [3.05, 3.63) is 119 Å². The second-order valence-electron chi connectivity index (χ2n) is 12.5. The van der Waals surface area contributed by atoms with Crippen molar-refractivity contribution < 1.29 is 26.4 Å². The van der Waals surface area contributed by atoms with Gasteiger partial charge in [0.2, 0.25) is 20.0 Å². The number of hydrogen-bond acceptors (Lipinski definition) is 6. The SMILES string of the molecule is O=C(Nc1ccc(Cc2ccc(NC(=O)c3ccc(S(=O)(=O)N4CCCCC4)cc3)cc2)cc1)c1ccc(S(=O)(=O)N2CCCCC2)cc1. The van der Waals surface area contributed by atoms with E-state index in [4.69, 9.17) is 0 Å². The molecule has 49 heavy (non-hydrogen) atoms. The largest absolute Gasteiger partial charge is 0.322 e. The van der Waals surface area contributed by atoms with E-state index in [-0.39, 0.29) is 21.6 Å². The van der Waals surface area contributed by atoms with Gasteiger partial charge in [0.1, 0.15) is 0 Å². The summed E-state index contributed by atoms with van der Waals surface area (Å²) in [6.45, 7) is 2.10. The van der Waals surface area contributed by atoms with Crippen molar-refractivity contribution in [2.75, 3.05) is 36.8 Å². The van der Waals surface area contributed by atoms with Crippen LogP contribution in [0.25, 0.3) is 0 Å². The van der Waals surface area contributed by atoms with Gasteiger partial charge >= 0.3 is 0 Å². The Hall–Kier alpha value is -4.36. The molecule has 2 fully saturated rings. The third kappa shape index (κ3) is 8.27. The summed E-state index contributed by atoms with van der Waals surface area (Å²) < 4.78 is 54.6. The van der Waals surface area contributed by atoms with Gasteiger partial charge in [-0.1, -0.05) is 37.1 Å². The van der Waals surface area contributed by atoms with Crippen molar-refractivity contribution in [2.24, 2.45) is 0 Å². The van der Waals surface area contributed by atoms with Crippen LogP contribution in [0.5, 0.6) is 0 Å². The van der Waals surface area contributed by atoms with E-state index in [0.717, 1.165) is 49.7 Å². The third-order valence-corrected chi connectivity index (χ3v) is 12.8. The molecule has 4 aromatic carbocycles. The third-order valence-electron chi connectivity index (χ3n) is 8.97. The Morgan fingerprint density at radius 3 is 1.12 bits per heavy atom. The van der Waals surface area contributed by atoms with E-state index in [2.05, 4.69) is 10.6 Å². The molecule has 2 heterocycles. The van der Waals surface area contributed by atoms with Crippen LogP contribution in [-0.4, -0.2) is 63.4 Å². The molecule has 0 aromatic heterocycles. The van der Waals surface area contributed by atoms with Gasteiger partial charge < -0.3 is 10.6 Å². The smallest absolute Gasteiger partial charge is 0.255 e. The van der Waals surface area contributed by atoms with E-state index < -0.39 is 20.0 Å². The quantitative estimate of drug-likeness (QED) is 0.205. The fourth-order valence-electron chi connectivity index (χ4n) is 6.12. The molecule has 2 N–H and O–H groups in total. The molecule has 0 unspecified atom stereocenters. The molecule has 4 aromatic rings. The van der Waals surface area contributed by atoms with Crippen molar-refractivity contribution in [3.63, 3.8) is 0 Å². The second-order valence-corrected chi connectivity index (χ2v) is 16.3. The van der Waals surface area contributed by atoms with Crippen LogP contribution in [0.1, 0.15) is 70.4 Å². The lowest BCUT2D eigenvalue weighted by Crippen LogP contribution is -2.35. The highest BCUT2D eigenvalue weighted by Gasteiger charge is 2.27. The Kier molecular flexibility index (Phi) is 10.6. The number of benzene rings is 4. The van der Waals surface area contributed by atoms with Gasteiger partial charge in [0.25, 0.3) is 11.8 Å². The minimum absolute atomic E-state index is 0.193. The Bertz CT molecular complexity index is 1840. The van der Waals surface area contributed by atoms with Gasteiger partial charge in [-0.3, -0.25) is 9.59 Å². The minimum atomic E-state index is -3.56. The monoisotopic (exact) mass is 700 g/mol. The molecular weight excluding hydrogens is 661 g/mol. The highest BCUT2D eigenvalue weighted by Crippen LogP contribution is 2.23. The van der Waals surface area contributed by atoms with Gasteiger partial charge in [-0.25, -0.2) is 16.8 Å². The normalized spacial score (nSPS) is 16.2. The van der Waals surface area contributed by atoms with Crippen LogP contribution in [0.15, 0.2) is 107 Å². The number of anilines is 2. The molecule has 2 aliphatic heterocycles. The van der Waals surface area contributed by atoms with Crippen LogP contribution in [0.3, 0.4) is 0 Å². The van der Waals surface area contributed by atoms with Crippen LogP contribution in [0, 0.1) is 0 Å². The maximum atomic E-state index is 12.9. The molecule has 10 nitrogen and oxygen atoms in total. The Morgan fingerprint density at radius 2 is 0.796 bits per heavy atom. The van der Waals surface area contributed by atoms with Crippen molar-refractivity contribution in [1.82, 2.24) is 8.61 Å². The number of nitrogens with one attached hydrogen (secondary N) is 2. The van der Waals surface area contributed by atoms with Gasteiger partial charge in [0.05, 0.1) is 9.79 Å². The highest BCUT2D eigenvalue weighted by atomic mass is 32.2. The lowest BCUT2D eigenvalue weighted by molar-refractivity contribution is 0.101. The molecule has 0 atom stereocenters. The van der Waals surface area contributed by atoms with E-state index in [9.17, 15) is 26.4 Å². The van der Waals surface area contributed by atoms with E-state index in [1.165, 1.54) is 57.1 Å². The topological polar surface area (TPSA) is 133 Å². The van der Waals surface area contributed by atoms with Gasteiger partial charge in [-0.2, -0.15) is 8.61 Å². The van der Waals surface area contributed by atoms with Crippen molar-refractivity contribution in [3.8, 4) is 0 Å². The molecule has 6 rings (SSSR count). The first-order chi connectivity index (χ1) is 23.6. The average Bonchev–Trinajstić information content (AvgIpc) is 3.14. The number of amides is 2. The van der Waals surface area contributed by atoms with Crippen LogP contribution >= 0.6 is 0 Å². The van der Waals surface area contributed by atoms with E-state index in [0.29, 0.717) is 55.1 Å². The number of nitrogens with zero attached hydrogens (tertiary/aromatic N) is 2. The molecule has 0 saturated carbocycles. The molecular formula is C37H40N4O6S2. The first-order valence-electron chi connectivity index (χ1n) is 16.6. The summed E-state index contributed by atoms with van der Waals surface area (Å²) >= 11 is 0. The molecule has 0 bridgehead atoms. The molecule has 2 amide bonds. The standard InChI is InChI=1S/C37H40N4O6S2/c42-36(30-11-19-34(20-12-30)48(44,45)40-23-3-1-4-24-40)38-32-15-7-28(8-16-32)27-29-9-17-33(18-10-29)39-37(43)31-13-21-35(22-14-31)49(46,47)41-25-5-2-6-26-41/h7-22H,1-6,23-27H2,(H,38,42)(H,39,43). The van der Waals surface area contributed by atoms with Crippen LogP contribution in [-0.2, 0) is 26.5 Å². The fraction of sp³-hybridized carbons (Fsp3) is 0.297. The predicted octanol–water partition coefficient (Wildman–Crippen LogP) is 6.13. The molecule has 2 saturated heterocycles. The Balaban J connectivity index is 0.998. The van der Waals surface area contributed by atoms with Crippen molar-refractivity contribution in [2.45, 2.75) is 54.7 Å². The van der Waals surface area contributed by atoms with Gasteiger partial charge in [0, 0.05) is 48.7 Å². The van der Waals surface area contributed by atoms with Gasteiger partial charge in [-0.05, 0) is 116 Å². The van der Waals surface area contributed by atoms with Gasteiger partial charge in [-0.15, -0.1) is 0 Å². The van der Waals surface area contributed by atoms with Gasteiger partial charge in [0.15, 0.2) is 0 Å². The Morgan fingerprint density at radius 1 is 0.469 bits per heavy atom. The molecule has 0 aliphatic carbocycles. The number of sulfonamides is 2. The number of piperidine rings is 2. The number of carbonyl (C=O) groups excluding carboxylic acids is 2. The summed E-state index contributed by atoms with van der Waals surface area (Å²) in [5.74, 6) is -0.656. The summed E-state index contributed by atoms with van der Waals surface area (Å²) in [4.78, 5) is 26.1. The van der Waals surface area contributed by atoms with Crippen LogP contribution in [0.2, 0.25) is 0 Å². The Labute approximate surface area is 288 Å². The molecule has 0 radical (unpaired) electrons. The molecule has 12 heteroatoms. The zero-order chi connectivity index (χ0) is 34.4. The summed E-state index contributed by atoms with van der Waals surface area (Å²) in [6, 6.07) is 27.1. The minimum Gasteiger partial charge on any atom is -0.322 e. The molecule has 0 spiro atoms. The first kappa shape index (κ1) is 34.5. The summed E-state index contributed by atoms with van der Waals surface area (Å²) in [7, 11) is -7.11. The number of carbonyl (C=O) groups is 2. The average molecular weight is 701 g/mol. The fourth-order valence-corrected chi connectivity index (χ4v) is 9.15. The lowest BCUT2D eigenvalue weighted by Gasteiger charge is -2.25. The summed E-state index contributed by atoms with van der Waals surface area (Å²) in [5.41, 5.74) is 4.03. The maximum Gasteiger partial charge on any atom is 0.255 e. The zero-order valence-corrected chi connectivity index (χ0v) is 28.8. The van der Waals surface area contributed by atoms with E-state index in [1.807, 2.05) is 48.5 Å². The second kappa shape index (κ2) is 15.0. The predicted molar refractivity (Wildman–Crippen MR) is 190 cm³/mol. The van der Waals surface area contributed by atoms with Crippen LogP contribution in [0.4, 0.5) is 11.4 Å². The van der Waals surface area contributed by atoms with Crippen molar-refractivity contribution >= 4 is 43.2 Å². The zero-order valence-electron chi connectivity index (χ0n) is 27.2. The maximum absolute atomic E-state index is 12.9. The van der Waals surface area contributed by atoms with Crippen molar-refractivity contribution in [1.29, 1.82) is 0 Å². The molecule has 256 valence electrons. The van der Waals surface area contributed by atoms with E-state index >= 15 is 0 Å². The molecule has 2 aliphatic rings.